The quantitative estimate of drug-likeness (QED) is 0.509. The van der Waals surface area contributed by atoms with Gasteiger partial charge in [-0.2, -0.15) is 11.3 Å². The Balaban J connectivity index is 1.75. The molecule has 2 rings (SSSR count). The zero-order valence-corrected chi connectivity index (χ0v) is 16.3. The molecule has 3 N–H and O–H groups in total. The van der Waals surface area contributed by atoms with Crippen LogP contribution in [0, 0.1) is 0 Å². The van der Waals surface area contributed by atoms with Gasteiger partial charge < -0.3 is 10.1 Å². The first-order chi connectivity index (χ1) is 12.8. The number of esters is 1. The zero-order chi connectivity index (χ0) is 19.9. The van der Waals surface area contributed by atoms with Crippen molar-refractivity contribution in [1.29, 1.82) is 0 Å². The van der Waals surface area contributed by atoms with Gasteiger partial charge in [0.1, 0.15) is 0 Å². The molecule has 27 heavy (non-hydrogen) atoms. The molecule has 1 heterocycles. The van der Waals surface area contributed by atoms with Gasteiger partial charge in [0, 0.05) is 12.6 Å². The van der Waals surface area contributed by atoms with Crippen molar-refractivity contribution in [3.63, 3.8) is 0 Å². The monoisotopic (exact) mass is 408 g/mol. The van der Waals surface area contributed by atoms with Gasteiger partial charge in [0.15, 0.2) is 6.10 Å². The van der Waals surface area contributed by atoms with E-state index in [9.17, 15) is 18.0 Å². The lowest BCUT2D eigenvalue weighted by molar-refractivity contribution is -0.150. The third kappa shape index (κ3) is 6.97. The molecule has 7 nitrogen and oxygen atoms in total. The average Bonchev–Trinajstić information content (AvgIpc) is 3.13. The summed E-state index contributed by atoms with van der Waals surface area (Å²) in [6.45, 7) is 1.81. The van der Waals surface area contributed by atoms with Crippen molar-refractivity contribution in [2.75, 3.05) is 6.54 Å². The number of thiophene rings is 1. The Kier molecular flexibility index (Phi) is 7.28. The largest absolute Gasteiger partial charge is 0.449 e. The van der Waals surface area contributed by atoms with E-state index in [-0.39, 0.29) is 4.90 Å². The topological polar surface area (TPSA) is 116 Å². The minimum absolute atomic E-state index is 0.0336. The second kappa shape index (κ2) is 9.45. The van der Waals surface area contributed by atoms with Crippen LogP contribution in [-0.2, 0) is 30.8 Å². The van der Waals surface area contributed by atoms with Crippen LogP contribution >= 0.6 is 11.3 Å². The number of ether oxygens (including phenoxy) is 1. The molecule has 1 aromatic carbocycles. The van der Waals surface area contributed by atoms with Gasteiger partial charge in [-0.05, 0) is 59.5 Å². The summed E-state index contributed by atoms with van der Waals surface area (Å²) in [5.41, 5.74) is 1.73. The Hall–Kier alpha value is -2.49. The number of carbonyl (C=O) groups is 2. The van der Waals surface area contributed by atoms with Crippen molar-refractivity contribution in [2.24, 2.45) is 5.14 Å². The highest BCUT2D eigenvalue weighted by atomic mass is 32.2. The number of nitrogens with two attached hydrogens (primary N) is 1. The third-order valence-corrected chi connectivity index (χ3v) is 5.21. The fourth-order valence-corrected chi connectivity index (χ4v) is 3.26. The molecule has 1 atom stereocenters. The predicted octanol–water partition coefficient (Wildman–Crippen LogP) is 1.70. The molecular weight excluding hydrogens is 388 g/mol. The first-order valence-electron chi connectivity index (χ1n) is 8.06. The highest BCUT2D eigenvalue weighted by Gasteiger charge is 2.16. The highest BCUT2D eigenvalue weighted by molar-refractivity contribution is 7.89. The molecule has 1 aromatic heterocycles. The molecule has 0 aliphatic carbocycles. The Morgan fingerprint density at radius 2 is 1.96 bits per heavy atom. The van der Waals surface area contributed by atoms with Crippen LogP contribution in [0.3, 0.4) is 0 Å². The minimum Gasteiger partial charge on any atom is -0.449 e. The van der Waals surface area contributed by atoms with Gasteiger partial charge in [-0.3, -0.25) is 4.79 Å². The molecule has 144 valence electrons. The summed E-state index contributed by atoms with van der Waals surface area (Å²) in [5.74, 6) is -1.00. The van der Waals surface area contributed by atoms with Crippen LogP contribution < -0.4 is 10.5 Å². The van der Waals surface area contributed by atoms with Gasteiger partial charge in [0.25, 0.3) is 5.91 Å². The van der Waals surface area contributed by atoms with Crippen LogP contribution in [0.4, 0.5) is 0 Å². The van der Waals surface area contributed by atoms with E-state index in [0.29, 0.717) is 13.0 Å². The van der Waals surface area contributed by atoms with Gasteiger partial charge in [0.2, 0.25) is 10.0 Å². The number of hydrogen-bond acceptors (Lipinski definition) is 6. The van der Waals surface area contributed by atoms with Crippen molar-refractivity contribution in [1.82, 2.24) is 5.32 Å². The molecule has 0 bridgehead atoms. The fourth-order valence-electron chi connectivity index (χ4n) is 2.12. The molecule has 0 radical (unpaired) electrons. The van der Waals surface area contributed by atoms with Gasteiger partial charge in [-0.1, -0.05) is 12.1 Å². The number of amides is 1. The maximum absolute atomic E-state index is 12.0. The van der Waals surface area contributed by atoms with Crippen LogP contribution in [0.1, 0.15) is 18.1 Å². The fraction of sp³-hybridized carbons (Fsp3) is 0.222. The molecule has 0 fully saturated rings. The van der Waals surface area contributed by atoms with Gasteiger partial charge in [0.05, 0.1) is 4.90 Å². The summed E-state index contributed by atoms with van der Waals surface area (Å²) in [6.07, 6.45) is 2.47. The molecule has 0 aliphatic rings. The number of benzene rings is 1. The Morgan fingerprint density at radius 1 is 1.26 bits per heavy atom. The van der Waals surface area contributed by atoms with E-state index in [1.165, 1.54) is 36.5 Å². The molecule has 9 heteroatoms. The van der Waals surface area contributed by atoms with E-state index in [1.807, 2.05) is 16.8 Å². The summed E-state index contributed by atoms with van der Waals surface area (Å²) < 4.78 is 27.4. The Bertz CT molecular complexity index is 904. The molecule has 0 saturated heterocycles. The molecule has 2 aromatic rings. The van der Waals surface area contributed by atoms with Crippen LogP contribution in [0.25, 0.3) is 6.08 Å². The van der Waals surface area contributed by atoms with Gasteiger partial charge in [-0.15, -0.1) is 0 Å². The number of sulfonamides is 1. The van der Waals surface area contributed by atoms with E-state index in [4.69, 9.17) is 9.88 Å². The van der Waals surface area contributed by atoms with Crippen molar-refractivity contribution in [3.05, 3.63) is 58.3 Å². The van der Waals surface area contributed by atoms with E-state index >= 15 is 0 Å². The smallest absolute Gasteiger partial charge is 0.331 e. The second-order valence-corrected chi connectivity index (χ2v) is 8.04. The average molecular weight is 409 g/mol. The lowest BCUT2D eigenvalue weighted by atomic mass is 10.1. The van der Waals surface area contributed by atoms with Crippen molar-refractivity contribution < 1.29 is 22.7 Å². The molecule has 0 unspecified atom stereocenters. The van der Waals surface area contributed by atoms with Crippen molar-refractivity contribution >= 4 is 39.3 Å². The Labute approximate surface area is 161 Å². The van der Waals surface area contributed by atoms with Gasteiger partial charge >= 0.3 is 5.97 Å². The highest BCUT2D eigenvalue weighted by Crippen LogP contribution is 2.09. The number of carbonyl (C=O) groups excluding carboxylic acids is 2. The first-order valence-corrected chi connectivity index (χ1v) is 10.5. The van der Waals surface area contributed by atoms with Crippen LogP contribution in [-0.4, -0.2) is 32.9 Å². The predicted molar refractivity (Wildman–Crippen MR) is 103 cm³/mol. The summed E-state index contributed by atoms with van der Waals surface area (Å²) >= 11 is 1.52. The lowest BCUT2D eigenvalue weighted by Gasteiger charge is -2.12. The zero-order valence-electron chi connectivity index (χ0n) is 14.6. The lowest BCUT2D eigenvalue weighted by Crippen LogP contribution is -2.36. The molecule has 0 saturated carbocycles. The summed E-state index contributed by atoms with van der Waals surface area (Å²) in [6, 6.07) is 7.95. The minimum atomic E-state index is -3.72. The van der Waals surface area contributed by atoms with Crippen LogP contribution in [0.2, 0.25) is 0 Å². The molecule has 1 amide bonds. The summed E-state index contributed by atoms with van der Waals surface area (Å²) in [7, 11) is -3.72. The maximum Gasteiger partial charge on any atom is 0.331 e. The van der Waals surface area contributed by atoms with Crippen LogP contribution in [0.5, 0.6) is 0 Å². The van der Waals surface area contributed by atoms with E-state index < -0.39 is 28.0 Å². The third-order valence-electron chi connectivity index (χ3n) is 3.58. The van der Waals surface area contributed by atoms with Gasteiger partial charge in [-0.25, -0.2) is 18.4 Å². The van der Waals surface area contributed by atoms with Crippen molar-refractivity contribution in [2.45, 2.75) is 24.3 Å². The summed E-state index contributed by atoms with van der Waals surface area (Å²) in [5, 5.41) is 11.5. The first kappa shape index (κ1) is 20.8. The molecule has 0 aliphatic heterocycles. The SMILES string of the molecule is C[C@@H](OC(=O)/C=C/c1ccsc1)C(=O)NCCc1ccc(S(N)(=O)=O)cc1. The van der Waals surface area contributed by atoms with Crippen LogP contribution in [0.15, 0.2) is 52.1 Å². The molecule has 0 spiro atoms. The second-order valence-electron chi connectivity index (χ2n) is 5.70. The standard InChI is InChI=1S/C18H20N2O5S2/c1-13(25-17(21)7-4-15-9-11-26-12-15)18(22)20-10-8-14-2-5-16(6-3-14)27(19,23)24/h2-7,9,11-13H,8,10H2,1H3,(H,20,22)(H2,19,23,24)/b7-4+/t13-/m1/s1. The molecular formula is C18H20N2O5S2. The van der Waals surface area contributed by atoms with E-state index in [2.05, 4.69) is 5.32 Å². The normalized spacial score (nSPS) is 12.7. The Morgan fingerprint density at radius 3 is 2.56 bits per heavy atom. The number of primary sulfonamides is 1. The number of nitrogens with one attached hydrogen (secondary N) is 1. The van der Waals surface area contributed by atoms with E-state index in [0.717, 1.165) is 11.1 Å². The number of rotatable bonds is 8. The maximum atomic E-state index is 12.0. The number of hydrogen-bond donors (Lipinski definition) is 2. The van der Waals surface area contributed by atoms with E-state index in [1.54, 1.807) is 18.2 Å². The van der Waals surface area contributed by atoms with Crippen molar-refractivity contribution in [3.8, 4) is 0 Å². The summed E-state index contributed by atoms with van der Waals surface area (Å²) in [4.78, 5) is 23.7.